The summed E-state index contributed by atoms with van der Waals surface area (Å²) < 4.78 is 0. The van der Waals surface area contributed by atoms with E-state index in [2.05, 4.69) is 0 Å². The molecule has 0 aliphatic rings. The lowest BCUT2D eigenvalue weighted by Crippen LogP contribution is -2.23. The van der Waals surface area contributed by atoms with Crippen LogP contribution < -0.4 is 0 Å². The van der Waals surface area contributed by atoms with Crippen LogP contribution in [0.15, 0.2) is 96.6 Å². The molecule has 0 bridgehead atoms. The van der Waals surface area contributed by atoms with Crippen LogP contribution in [0, 0.1) is 5.41 Å². The number of hydrogen-bond donors (Lipinski definition) is 2. The molecule has 0 aromatic heterocycles. The number of benzene rings is 3. The van der Waals surface area contributed by atoms with Crippen molar-refractivity contribution in [2.45, 2.75) is 0 Å². The molecule has 0 aliphatic carbocycles. The molecular weight excluding hydrogens is 338 g/mol. The van der Waals surface area contributed by atoms with Crippen molar-refractivity contribution in [3.63, 3.8) is 0 Å². The Bertz CT molecular complexity index is 1010. The third-order valence-electron chi connectivity index (χ3n) is 4.06. The number of aliphatic hydroxyl groups excluding tert-OH is 1. The fourth-order valence-electron chi connectivity index (χ4n) is 2.66. The molecule has 2 N–H and O–H groups in total. The molecule has 0 heterocycles. The van der Waals surface area contributed by atoms with Crippen molar-refractivity contribution in [2.75, 3.05) is 0 Å². The van der Waals surface area contributed by atoms with Gasteiger partial charge in [-0.1, -0.05) is 91.0 Å². The van der Waals surface area contributed by atoms with Gasteiger partial charge in [-0.25, -0.2) is 0 Å². The van der Waals surface area contributed by atoms with Gasteiger partial charge in [-0.3, -0.25) is 15.0 Å². The number of allylic oxidation sites excluding steroid dienone is 1. The molecule has 0 aliphatic heterocycles. The Kier molecular flexibility index (Phi) is 5.38. The predicted molar refractivity (Wildman–Crippen MR) is 105 cm³/mol. The molecule has 0 spiro atoms. The standard InChI is InChI=1S/C23H17NO3/c24-20(23(27)18-14-8-3-9-15-18)19(21(25)16-10-4-1-5-11-16)22(26)17-12-6-2-7-13-17/h1-15,24-25H/b21-19+,24-20?. The highest BCUT2D eigenvalue weighted by Crippen LogP contribution is 2.22. The van der Waals surface area contributed by atoms with Gasteiger partial charge in [-0.15, -0.1) is 0 Å². The number of carbonyl (C=O) groups is 2. The number of carbonyl (C=O) groups excluding carboxylic acids is 2. The Labute approximate surface area is 156 Å². The highest BCUT2D eigenvalue weighted by atomic mass is 16.3. The molecule has 3 rings (SSSR count). The third kappa shape index (κ3) is 3.90. The second-order valence-electron chi connectivity index (χ2n) is 5.85. The summed E-state index contributed by atoms with van der Waals surface area (Å²) in [5.41, 5.74) is 0.0716. The van der Waals surface area contributed by atoms with Crippen LogP contribution in [0.2, 0.25) is 0 Å². The third-order valence-corrected chi connectivity index (χ3v) is 4.06. The van der Waals surface area contributed by atoms with Gasteiger partial charge in [0.2, 0.25) is 5.78 Å². The summed E-state index contributed by atoms with van der Waals surface area (Å²) in [7, 11) is 0. The van der Waals surface area contributed by atoms with E-state index in [0.29, 0.717) is 11.1 Å². The van der Waals surface area contributed by atoms with Gasteiger partial charge in [-0.05, 0) is 0 Å². The van der Waals surface area contributed by atoms with Crippen molar-refractivity contribution in [3.8, 4) is 0 Å². The summed E-state index contributed by atoms with van der Waals surface area (Å²) in [5.74, 6) is -1.60. The Morgan fingerprint density at radius 3 is 1.41 bits per heavy atom. The molecule has 0 fully saturated rings. The molecular formula is C23H17NO3. The monoisotopic (exact) mass is 355 g/mol. The lowest BCUT2D eigenvalue weighted by molar-refractivity contribution is 0.102. The number of Topliss-reactive ketones (excluding diaryl/α,β-unsaturated/α-hetero) is 2. The van der Waals surface area contributed by atoms with E-state index in [1.54, 1.807) is 91.0 Å². The summed E-state index contributed by atoms with van der Waals surface area (Å²) in [6.07, 6.45) is 0. The predicted octanol–water partition coefficient (Wildman–Crippen LogP) is 4.74. The Balaban J connectivity index is 2.12. The van der Waals surface area contributed by atoms with Crippen LogP contribution in [0.25, 0.3) is 5.76 Å². The van der Waals surface area contributed by atoms with E-state index < -0.39 is 23.0 Å². The number of nitrogens with one attached hydrogen (secondary N) is 1. The molecule has 27 heavy (non-hydrogen) atoms. The summed E-state index contributed by atoms with van der Waals surface area (Å²) >= 11 is 0. The zero-order valence-electron chi connectivity index (χ0n) is 14.4. The Hall–Kier alpha value is -3.79. The van der Waals surface area contributed by atoms with Gasteiger partial charge in [0, 0.05) is 16.7 Å². The van der Waals surface area contributed by atoms with Crippen molar-refractivity contribution in [3.05, 3.63) is 113 Å². The maximum atomic E-state index is 13.0. The van der Waals surface area contributed by atoms with E-state index in [0.717, 1.165) is 0 Å². The Morgan fingerprint density at radius 1 is 0.593 bits per heavy atom. The van der Waals surface area contributed by atoms with E-state index in [9.17, 15) is 14.7 Å². The smallest absolute Gasteiger partial charge is 0.211 e. The summed E-state index contributed by atoms with van der Waals surface area (Å²) in [5, 5.41) is 19.1. The van der Waals surface area contributed by atoms with Gasteiger partial charge < -0.3 is 5.11 Å². The van der Waals surface area contributed by atoms with Crippen molar-refractivity contribution in [2.24, 2.45) is 0 Å². The van der Waals surface area contributed by atoms with E-state index in [-0.39, 0.29) is 11.1 Å². The highest BCUT2D eigenvalue weighted by molar-refractivity contribution is 6.57. The molecule has 0 unspecified atom stereocenters. The topological polar surface area (TPSA) is 78.2 Å². The summed E-state index contributed by atoms with van der Waals surface area (Å²) in [6.45, 7) is 0. The van der Waals surface area contributed by atoms with Gasteiger partial charge in [0.05, 0.1) is 5.57 Å². The fourth-order valence-corrected chi connectivity index (χ4v) is 2.66. The van der Waals surface area contributed by atoms with Gasteiger partial charge in [-0.2, -0.15) is 0 Å². The van der Waals surface area contributed by atoms with E-state index in [1.165, 1.54) is 0 Å². The van der Waals surface area contributed by atoms with Crippen LogP contribution in [0.5, 0.6) is 0 Å². The number of aliphatic hydroxyl groups is 1. The van der Waals surface area contributed by atoms with E-state index >= 15 is 0 Å². The number of hydrogen-bond acceptors (Lipinski definition) is 4. The van der Waals surface area contributed by atoms with Crippen LogP contribution in [-0.2, 0) is 0 Å². The molecule has 0 saturated heterocycles. The molecule has 0 amide bonds. The molecule has 0 atom stereocenters. The minimum Gasteiger partial charge on any atom is -0.506 e. The number of ketones is 2. The maximum Gasteiger partial charge on any atom is 0.211 e. The molecule has 4 heteroatoms. The van der Waals surface area contributed by atoms with Crippen molar-refractivity contribution < 1.29 is 14.7 Å². The first-order valence-electron chi connectivity index (χ1n) is 8.36. The molecule has 0 saturated carbocycles. The van der Waals surface area contributed by atoms with Crippen molar-refractivity contribution in [1.82, 2.24) is 0 Å². The van der Waals surface area contributed by atoms with Crippen LogP contribution in [0.4, 0.5) is 0 Å². The molecule has 4 nitrogen and oxygen atoms in total. The summed E-state index contributed by atoms with van der Waals surface area (Å²) in [6, 6.07) is 25.0. The second-order valence-corrected chi connectivity index (χ2v) is 5.85. The van der Waals surface area contributed by atoms with Gasteiger partial charge in [0.15, 0.2) is 5.78 Å². The van der Waals surface area contributed by atoms with Crippen LogP contribution in [0.1, 0.15) is 26.3 Å². The quantitative estimate of drug-likeness (QED) is 0.290. The van der Waals surface area contributed by atoms with Crippen molar-refractivity contribution in [1.29, 1.82) is 5.41 Å². The molecule has 132 valence electrons. The van der Waals surface area contributed by atoms with Gasteiger partial charge in [0.1, 0.15) is 11.5 Å². The normalized spacial score (nSPS) is 11.4. The summed E-state index contributed by atoms with van der Waals surface area (Å²) in [4.78, 5) is 25.8. The zero-order chi connectivity index (χ0) is 19.2. The number of rotatable bonds is 6. The average molecular weight is 355 g/mol. The zero-order valence-corrected chi connectivity index (χ0v) is 14.4. The van der Waals surface area contributed by atoms with Crippen LogP contribution in [-0.4, -0.2) is 22.4 Å². The Morgan fingerprint density at radius 2 is 0.963 bits per heavy atom. The molecule has 3 aromatic rings. The highest BCUT2D eigenvalue weighted by Gasteiger charge is 2.27. The molecule has 0 radical (unpaired) electrons. The first kappa shape index (κ1) is 18.0. The SMILES string of the molecule is N=C(C(=O)c1ccccc1)/C(C(=O)c1ccccc1)=C(\O)c1ccccc1. The fraction of sp³-hybridized carbons (Fsp3) is 0. The van der Waals surface area contributed by atoms with Crippen molar-refractivity contribution >= 4 is 23.0 Å². The van der Waals surface area contributed by atoms with Gasteiger partial charge >= 0.3 is 0 Å². The minimum absolute atomic E-state index is 0.279. The second kappa shape index (κ2) is 8.06. The van der Waals surface area contributed by atoms with E-state index in [1.807, 2.05) is 0 Å². The van der Waals surface area contributed by atoms with Gasteiger partial charge in [0.25, 0.3) is 0 Å². The van der Waals surface area contributed by atoms with E-state index in [4.69, 9.17) is 5.41 Å². The first-order valence-corrected chi connectivity index (χ1v) is 8.36. The first-order chi connectivity index (χ1) is 13.1. The van der Waals surface area contributed by atoms with Crippen LogP contribution in [0.3, 0.4) is 0 Å². The lowest BCUT2D eigenvalue weighted by atomic mass is 9.91. The maximum absolute atomic E-state index is 13.0. The molecule has 3 aromatic carbocycles. The average Bonchev–Trinajstić information content (AvgIpc) is 2.75. The lowest BCUT2D eigenvalue weighted by Gasteiger charge is -2.12. The van der Waals surface area contributed by atoms with Crippen LogP contribution >= 0.6 is 0 Å². The minimum atomic E-state index is -0.627. The largest absolute Gasteiger partial charge is 0.506 e.